The fourth-order valence-electron chi connectivity index (χ4n) is 2.30. The first-order valence-electron chi connectivity index (χ1n) is 7.25. The Morgan fingerprint density at radius 2 is 1.83 bits per heavy atom. The van der Waals surface area contributed by atoms with Gasteiger partial charge in [0, 0.05) is 18.0 Å². The summed E-state index contributed by atoms with van der Waals surface area (Å²) in [5, 5.41) is 4.29. The second-order valence-corrected chi connectivity index (χ2v) is 7.14. The molecule has 1 N–H and O–H groups in total. The molecule has 0 atom stereocenters. The van der Waals surface area contributed by atoms with Crippen LogP contribution in [-0.4, -0.2) is 20.9 Å². The van der Waals surface area contributed by atoms with E-state index in [1.54, 1.807) is 12.4 Å². The van der Waals surface area contributed by atoms with Crippen LogP contribution in [0.25, 0.3) is 20.8 Å². The molecule has 3 heterocycles. The smallest absolute Gasteiger partial charge is 0.269 e. The molecule has 5 nitrogen and oxygen atoms in total. The minimum Gasteiger partial charge on any atom is -0.297 e. The molecular weight excluding hydrogens is 340 g/mol. The van der Waals surface area contributed by atoms with Gasteiger partial charge < -0.3 is 0 Å². The molecule has 4 rings (SSSR count). The summed E-state index contributed by atoms with van der Waals surface area (Å²) in [4.78, 5) is 26.1. The van der Waals surface area contributed by atoms with Gasteiger partial charge in [0.15, 0.2) is 5.13 Å². The quantitative estimate of drug-likeness (QED) is 0.594. The number of para-hydroxylation sites is 1. The van der Waals surface area contributed by atoms with E-state index in [1.165, 1.54) is 22.7 Å². The highest BCUT2D eigenvalue weighted by molar-refractivity contribution is 7.22. The Hall–Kier alpha value is -2.64. The first kappa shape index (κ1) is 14.9. The Balaban J connectivity index is 1.61. The van der Waals surface area contributed by atoms with E-state index in [9.17, 15) is 4.79 Å². The van der Waals surface area contributed by atoms with Crippen molar-refractivity contribution in [1.82, 2.24) is 15.0 Å². The van der Waals surface area contributed by atoms with E-state index in [4.69, 9.17) is 0 Å². The summed E-state index contributed by atoms with van der Waals surface area (Å²) in [6.07, 6.45) is 3.43. The van der Waals surface area contributed by atoms with Crippen LogP contribution >= 0.6 is 22.7 Å². The minimum atomic E-state index is -0.177. The Labute approximate surface area is 146 Å². The first-order valence-corrected chi connectivity index (χ1v) is 8.89. The Morgan fingerprint density at radius 3 is 2.62 bits per heavy atom. The maximum Gasteiger partial charge on any atom is 0.269 e. The number of carbonyl (C=O) groups excluding carboxylic acids is 1. The van der Waals surface area contributed by atoms with Crippen LogP contribution in [0.1, 0.15) is 15.4 Å². The van der Waals surface area contributed by atoms with Crippen molar-refractivity contribution in [3.8, 4) is 10.6 Å². The molecule has 0 aliphatic rings. The van der Waals surface area contributed by atoms with Gasteiger partial charge in [0.25, 0.3) is 5.91 Å². The Morgan fingerprint density at radius 1 is 1.04 bits per heavy atom. The van der Waals surface area contributed by atoms with Crippen molar-refractivity contribution in [3.05, 3.63) is 59.4 Å². The van der Waals surface area contributed by atoms with Crippen molar-refractivity contribution < 1.29 is 4.79 Å². The zero-order valence-electron chi connectivity index (χ0n) is 12.7. The molecule has 24 heavy (non-hydrogen) atoms. The molecule has 7 heteroatoms. The van der Waals surface area contributed by atoms with E-state index in [0.717, 1.165) is 20.8 Å². The van der Waals surface area contributed by atoms with Crippen LogP contribution in [0.4, 0.5) is 5.13 Å². The normalized spacial score (nSPS) is 10.9. The van der Waals surface area contributed by atoms with E-state index < -0.39 is 0 Å². The highest BCUT2D eigenvalue weighted by Crippen LogP contribution is 2.30. The molecule has 0 saturated carbocycles. The van der Waals surface area contributed by atoms with Gasteiger partial charge in [0.1, 0.15) is 9.88 Å². The molecule has 118 valence electrons. The van der Waals surface area contributed by atoms with Crippen molar-refractivity contribution >= 4 is 43.9 Å². The average molecular weight is 352 g/mol. The average Bonchev–Trinajstić information content (AvgIpc) is 3.18. The third-order valence-electron chi connectivity index (χ3n) is 3.44. The van der Waals surface area contributed by atoms with Gasteiger partial charge in [-0.15, -0.1) is 11.3 Å². The molecular formula is C17H12N4OS2. The summed E-state index contributed by atoms with van der Waals surface area (Å²) in [5.41, 5.74) is 2.55. The number of anilines is 1. The molecule has 0 unspecified atom stereocenters. The number of amides is 1. The first-order chi connectivity index (χ1) is 11.7. The molecule has 0 bridgehead atoms. The van der Waals surface area contributed by atoms with Gasteiger partial charge in [-0.2, -0.15) is 0 Å². The minimum absolute atomic E-state index is 0.177. The molecule has 0 fully saturated rings. The number of carbonyl (C=O) groups is 1. The van der Waals surface area contributed by atoms with E-state index in [1.807, 2.05) is 43.3 Å². The lowest BCUT2D eigenvalue weighted by molar-refractivity contribution is 0.103. The maximum absolute atomic E-state index is 12.6. The Kier molecular flexibility index (Phi) is 3.79. The van der Waals surface area contributed by atoms with Crippen LogP contribution < -0.4 is 5.32 Å². The lowest BCUT2D eigenvalue weighted by Crippen LogP contribution is -2.11. The van der Waals surface area contributed by atoms with E-state index in [2.05, 4.69) is 20.3 Å². The number of thiazole rings is 2. The van der Waals surface area contributed by atoms with Gasteiger partial charge in [0.05, 0.1) is 15.9 Å². The third kappa shape index (κ3) is 2.79. The number of aromatic nitrogens is 3. The standard InChI is InChI=1S/C17H12N4OS2/c1-10-14(24-16(19-10)11-6-8-18-9-7-11)15(22)21-17-20-12-4-2-3-5-13(12)23-17/h2-9H,1H3,(H,20,21,22). The number of nitrogens with zero attached hydrogens (tertiary/aromatic N) is 3. The van der Waals surface area contributed by atoms with Crippen molar-refractivity contribution in [3.63, 3.8) is 0 Å². The predicted octanol–water partition coefficient (Wildman–Crippen LogP) is 4.38. The topological polar surface area (TPSA) is 67.8 Å². The van der Waals surface area contributed by atoms with Crippen LogP contribution in [0.5, 0.6) is 0 Å². The summed E-state index contributed by atoms with van der Waals surface area (Å²) in [5.74, 6) is -0.177. The fourth-order valence-corrected chi connectivity index (χ4v) is 4.13. The number of hydrogen-bond acceptors (Lipinski definition) is 6. The largest absolute Gasteiger partial charge is 0.297 e. The number of hydrogen-bond donors (Lipinski definition) is 1. The predicted molar refractivity (Wildman–Crippen MR) is 97.7 cm³/mol. The lowest BCUT2D eigenvalue weighted by Gasteiger charge is -1.98. The highest BCUT2D eigenvalue weighted by atomic mass is 32.1. The van der Waals surface area contributed by atoms with Crippen LogP contribution in [0, 0.1) is 6.92 Å². The maximum atomic E-state index is 12.6. The van der Waals surface area contributed by atoms with Crippen LogP contribution in [0.3, 0.4) is 0 Å². The second kappa shape index (κ2) is 6.10. The van der Waals surface area contributed by atoms with Crippen molar-refractivity contribution in [2.45, 2.75) is 6.92 Å². The monoisotopic (exact) mass is 352 g/mol. The zero-order chi connectivity index (χ0) is 16.5. The van der Waals surface area contributed by atoms with Crippen LogP contribution in [0.2, 0.25) is 0 Å². The molecule has 1 aromatic carbocycles. The molecule has 0 aliphatic heterocycles. The number of benzene rings is 1. The van der Waals surface area contributed by atoms with Crippen molar-refractivity contribution in [2.75, 3.05) is 5.32 Å². The summed E-state index contributed by atoms with van der Waals surface area (Å²) in [7, 11) is 0. The van der Waals surface area contributed by atoms with Gasteiger partial charge in [-0.1, -0.05) is 23.5 Å². The molecule has 0 aliphatic carbocycles. The van der Waals surface area contributed by atoms with E-state index in [0.29, 0.717) is 15.7 Å². The molecule has 0 saturated heterocycles. The summed E-state index contributed by atoms with van der Waals surface area (Å²) < 4.78 is 1.05. The van der Waals surface area contributed by atoms with Gasteiger partial charge >= 0.3 is 0 Å². The van der Waals surface area contributed by atoms with Gasteiger partial charge in [-0.25, -0.2) is 9.97 Å². The van der Waals surface area contributed by atoms with E-state index in [-0.39, 0.29) is 5.91 Å². The number of nitrogens with one attached hydrogen (secondary N) is 1. The van der Waals surface area contributed by atoms with Crippen LogP contribution in [0.15, 0.2) is 48.8 Å². The zero-order valence-corrected chi connectivity index (χ0v) is 14.3. The lowest BCUT2D eigenvalue weighted by atomic mass is 10.3. The molecule has 3 aromatic heterocycles. The fraction of sp³-hybridized carbons (Fsp3) is 0.0588. The van der Waals surface area contributed by atoms with Crippen molar-refractivity contribution in [2.24, 2.45) is 0 Å². The SMILES string of the molecule is Cc1nc(-c2ccncc2)sc1C(=O)Nc1nc2ccccc2s1. The van der Waals surface area contributed by atoms with Crippen molar-refractivity contribution in [1.29, 1.82) is 0 Å². The molecule has 0 spiro atoms. The second-order valence-electron chi connectivity index (χ2n) is 5.11. The highest BCUT2D eigenvalue weighted by Gasteiger charge is 2.17. The molecule has 0 radical (unpaired) electrons. The summed E-state index contributed by atoms with van der Waals surface area (Å²) >= 11 is 2.83. The van der Waals surface area contributed by atoms with E-state index >= 15 is 0 Å². The van der Waals surface area contributed by atoms with Gasteiger partial charge in [0.2, 0.25) is 0 Å². The summed E-state index contributed by atoms with van der Waals surface area (Å²) in [6.45, 7) is 1.84. The number of rotatable bonds is 3. The molecule has 1 amide bonds. The molecule has 4 aromatic rings. The van der Waals surface area contributed by atoms with Crippen LogP contribution in [-0.2, 0) is 0 Å². The van der Waals surface area contributed by atoms with Gasteiger partial charge in [-0.3, -0.25) is 15.1 Å². The van der Waals surface area contributed by atoms with Gasteiger partial charge in [-0.05, 0) is 31.2 Å². The summed E-state index contributed by atoms with van der Waals surface area (Å²) in [6, 6.07) is 11.6. The number of fused-ring (bicyclic) bond motifs is 1. The number of aryl methyl sites for hydroxylation is 1. The number of pyridine rings is 1. The Bertz CT molecular complexity index is 990. The third-order valence-corrected chi connectivity index (χ3v) is 5.60.